The predicted molar refractivity (Wildman–Crippen MR) is 98.5 cm³/mol. The van der Waals surface area contributed by atoms with Gasteiger partial charge in [-0.3, -0.25) is 4.79 Å². The normalized spacial score (nSPS) is 10.8. The number of ether oxygens (including phenoxy) is 1. The van der Waals surface area contributed by atoms with Gasteiger partial charge in [0.2, 0.25) is 0 Å². The van der Waals surface area contributed by atoms with Crippen LogP contribution in [-0.2, 0) is 0 Å². The average Bonchev–Trinajstić information content (AvgIpc) is 2.56. The summed E-state index contributed by atoms with van der Waals surface area (Å²) in [5, 5.41) is 14.3. The number of hydrogen-bond acceptors (Lipinski definition) is 4. The third-order valence-electron chi connectivity index (χ3n) is 2.97. The molecule has 0 fully saturated rings. The molecular formula is C16H13BrCl2N2O3. The van der Waals surface area contributed by atoms with Crippen LogP contribution in [0, 0.1) is 0 Å². The van der Waals surface area contributed by atoms with Crippen LogP contribution < -0.4 is 10.2 Å². The van der Waals surface area contributed by atoms with Crippen LogP contribution in [0.25, 0.3) is 0 Å². The minimum atomic E-state index is -0.415. The summed E-state index contributed by atoms with van der Waals surface area (Å²) in [5.41, 5.74) is 2.94. The van der Waals surface area contributed by atoms with E-state index in [4.69, 9.17) is 27.9 Å². The molecule has 0 radical (unpaired) electrons. The number of carbonyl (C=O) groups excluding carboxylic acids is 1. The average molecular weight is 432 g/mol. The summed E-state index contributed by atoms with van der Waals surface area (Å²) in [6.07, 6.45) is 1.21. The number of nitrogens with zero attached hydrogens (tertiary/aromatic N) is 1. The molecule has 2 aromatic rings. The highest BCUT2D eigenvalue weighted by Gasteiger charge is 2.15. The summed E-state index contributed by atoms with van der Waals surface area (Å²) in [5.74, 6) is -0.433. The predicted octanol–water partition coefficient (Wildman–Crippen LogP) is 4.62. The number of carbonyl (C=O) groups is 1. The van der Waals surface area contributed by atoms with E-state index in [1.165, 1.54) is 12.3 Å². The van der Waals surface area contributed by atoms with Crippen molar-refractivity contribution in [3.63, 3.8) is 0 Å². The first-order valence-corrected chi connectivity index (χ1v) is 8.42. The molecule has 2 aromatic carbocycles. The van der Waals surface area contributed by atoms with Crippen molar-refractivity contribution in [3.05, 3.63) is 56.0 Å². The van der Waals surface area contributed by atoms with Gasteiger partial charge in [0.15, 0.2) is 11.5 Å². The summed E-state index contributed by atoms with van der Waals surface area (Å²) in [7, 11) is 0. The number of aromatic hydroxyl groups is 1. The molecule has 2 N–H and O–H groups in total. The van der Waals surface area contributed by atoms with E-state index < -0.39 is 5.91 Å². The number of phenolic OH excluding ortho intramolecular Hbond substituents is 1. The lowest BCUT2D eigenvalue weighted by Crippen LogP contribution is -2.18. The number of hydrogen-bond donors (Lipinski definition) is 2. The lowest BCUT2D eigenvalue weighted by molar-refractivity contribution is 0.0954. The minimum absolute atomic E-state index is 0.108. The molecule has 0 aliphatic heterocycles. The molecule has 0 aliphatic rings. The molecule has 0 saturated heterocycles. The minimum Gasteiger partial charge on any atom is -0.504 e. The van der Waals surface area contributed by atoms with E-state index in [0.29, 0.717) is 16.6 Å². The Labute approximate surface area is 157 Å². The summed E-state index contributed by atoms with van der Waals surface area (Å²) in [4.78, 5) is 12.1. The van der Waals surface area contributed by atoms with Crippen LogP contribution in [0.2, 0.25) is 10.0 Å². The third kappa shape index (κ3) is 4.20. The molecular weight excluding hydrogens is 419 g/mol. The number of halogens is 3. The molecule has 0 spiro atoms. The Morgan fingerprint density at radius 1 is 1.42 bits per heavy atom. The fraction of sp³-hybridized carbons (Fsp3) is 0.125. The second-order valence-electron chi connectivity index (χ2n) is 4.54. The van der Waals surface area contributed by atoms with E-state index >= 15 is 0 Å². The van der Waals surface area contributed by atoms with Gasteiger partial charge in [-0.1, -0.05) is 35.3 Å². The first-order chi connectivity index (χ1) is 11.5. The molecule has 0 aromatic heterocycles. The van der Waals surface area contributed by atoms with Crippen molar-refractivity contribution in [3.8, 4) is 11.5 Å². The van der Waals surface area contributed by atoms with Crippen molar-refractivity contribution in [1.29, 1.82) is 0 Å². The number of phenols is 1. The topological polar surface area (TPSA) is 70.9 Å². The molecule has 0 bridgehead atoms. The standard InChI is InChI=1S/C16H13BrCl2N2O3/c1-2-24-13-7-12(18)14(19)10(15(13)22)8-20-21-16(23)9-5-3-4-6-11(9)17/h3-8,22H,2H2,1H3,(H,21,23)/b20-8-. The lowest BCUT2D eigenvalue weighted by Gasteiger charge is -2.10. The molecule has 2 rings (SSSR count). The van der Waals surface area contributed by atoms with E-state index in [9.17, 15) is 9.90 Å². The maximum absolute atomic E-state index is 12.1. The smallest absolute Gasteiger partial charge is 0.272 e. The molecule has 8 heteroatoms. The molecule has 5 nitrogen and oxygen atoms in total. The van der Waals surface area contributed by atoms with Crippen LogP contribution in [0.4, 0.5) is 0 Å². The van der Waals surface area contributed by atoms with E-state index in [0.717, 1.165) is 0 Å². The van der Waals surface area contributed by atoms with Gasteiger partial charge in [-0.05, 0) is 35.0 Å². The summed E-state index contributed by atoms with van der Waals surface area (Å²) in [6.45, 7) is 2.12. The molecule has 0 saturated carbocycles. The van der Waals surface area contributed by atoms with Gasteiger partial charge in [0.05, 0.1) is 34.0 Å². The Balaban J connectivity index is 2.23. The van der Waals surface area contributed by atoms with E-state index in [1.807, 2.05) is 0 Å². The maximum Gasteiger partial charge on any atom is 0.272 e. The zero-order chi connectivity index (χ0) is 17.7. The van der Waals surface area contributed by atoms with Crippen LogP contribution in [0.5, 0.6) is 11.5 Å². The molecule has 0 aliphatic carbocycles. The number of rotatable bonds is 5. The van der Waals surface area contributed by atoms with Gasteiger partial charge < -0.3 is 9.84 Å². The molecule has 0 heterocycles. The Hall–Kier alpha value is -1.76. The zero-order valence-corrected chi connectivity index (χ0v) is 15.6. The highest BCUT2D eigenvalue weighted by atomic mass is 79.9. The Kier molecular flexibility index (Phi) is 6.48. The van der Waals surface area contributed by atoms with Gasteiger partial charge in [0.1, 0.15) is 0 Å². The molecule has 0 atom stereocenters. The Morgan fingerprint density at radius 2 is 2.12 bits per heavy atom. The van der Waals surface area contributed by atoms with Crippen molar-refractivity contribution < 1.29 is 14.6 Å². The van der Waals surface area contributed by atoms with Gasteiger partial charge in [-0.2, -0.15) is 5.10 Å². The zero-order valence-electron chi connectivity index (χ0n) is 12.5. The summed E-state index contributed by atoms with van der Waals surface area (Å²) >= 11 is 15.4. The van der Waals surface area contributed by atoms with Gasteiger partial charge in [-0.15, -0.1) is 0 Å². The monoisotopic (exact) mass is 430 g/mol. The highest BCUT2D eigenvalue weighted by Crippen LogP contribution is 2.39. The fourth-order valence-corrected chi connectivity index (χ4v) is 2.72. The number of amides is 1. The van der Waals surface area contributed by atoms with Crippen molar-refractivity contribution in [2.24, 2.45) is 5.10 Å². The van der Waals surface area contributed by atoms with E-state index in [2.05, 4.69) is 26.5 Å². The van der Waals surface area contributed by atoms with Crippen molar-refractivity contribution in [2.45, 2.75) is 6.92 Å². The quantitative estimate of drug-likeness (QED) is 0.535. The van der Waals surface area contributed by atoms with Crippen molar-refractivity contribution >= 4 is 51.3 Å². The van der Waals surface area contributed by atoms with Crippen LogP contribution in [0.3, 0.4) is 0 Å². The third-order valence-corrected chi connectivity index (χ3v) is 4.46. The first-order valence-electron chi connectivity index (χ1n) is 6.87. The van der Waals surface area contributed by atoms with Crippen LogP contribution in [-0.4, -0.2) is 23.8 Å². The maximum atomic E-state index is 12.1. The largest absolute Gasteiger partial charge is 0.504 e. The van der Waals surface area contributed by atoms with Crippen LogP contribution in [0.15, 0.2) is 39.9 Å². The van der Waals surface area contributed by atoms with Crippen LogP contribution >= 0.6 is 39.1 Å². The van der Waals surface area contributed by atoms with Gasteiger partial charge >= 0.3 is 0 Å². The molecule has 1 amide bonds. The second-order valence-corrected chi connectivity index (χ2v) is 6.18. The fourth-order valence-electron chi connectivity index (χ4n) is 1.86. The van der Waals surface area contributed by atoms with E-state index in [1.54, 1.807) is 31.2 Å². The summed E-state index contributed by atoms with van der Waals surface area (Å²) in [6, 6.07) is 8.33. The van der Waals surface area contributed by atoms with Gasteiger partial charge in [-0.25, -0.2) is 5.43 Å². The van der Waals surface area contributed by atoms with Crippen molar-refractivity contribution in [2.75, 3.05) is 6.61 Å². The Bertz CT molecular complexity index is 797. The highest BCUT2D eigenvalue weighted by molar-refractivity contribution is 9.10. The van der Waals surface area contributed by atoms with Crippen LogP contribution in [0.1, 0.15) is 22.8 Å². The molecule has 24 heavy (non-hydrogen) atoms. The first kappa shape index (κ1) is 18.6. The number of hydrazone groups is 1. The second kappa shape index (κ2) is 8.37. The lowest BCUT2D eigenvalue weighted by atomic mass is 10.2. The van der Waals surface area contributed by atoms with E-state index in [-0.39, 0.29) is 27.1 Å². The van der Waals surface area contributed by atoms with Crippen molar-refractivity contribution in [1.82, 2.24) is 5.43 Å². The summed E-state index contributed by atoms with van der Waals surface area (Å²) < 4.78 is 5.92. The molecule has 126 valence electrons. The number of nitrogens with one attached hydrogen (secondary N) is 1. The Morgan fingerprint density at radius 3 is 2.79 bits per heavy atom. The molecule has 0 unspecified atom stereocenters. The van der Waals surface area contributed by atoms with Gasteiger partial charge in [0, 0.05) is 10.5 Å². The van der Waals surface area contributed by atoms with Gasteiger partial charge in [0.25, 0.3) is 5.91 Å². The number of benzene rings is 2. The SMILES string of the molecule is CCOc1cc(Cl)c(Cl)c(/C=N\NC(=O)c2ccccc2Br)c1O.